The lowest BCUT2D eigenvalue weighted by Gasteiger charge is -2.06. The number of ketones is 1. The fraction of sp³-hybridized carbons (Fsp3) is 0.167. The summed E-state index contributed by atoms with van der Waals surface area (Å²) >= 11 is 0. The van der Waals surface area contributed by atoms with Crippen molar-refractivity contribution < 1.29 is 4.79 Å². The Balaban J connectivity index is 2.46. The Labute approximate surface area is 57.4 Å². The third-order valence-corrected chi connectivity index (χ3v) is 1.38. The van der Waals surface area contributed by atoms with Crippen molar-refractivity contribution in [2.45, 2.75) is 0 Å². The SMILES string of the molecule is O=C1C=NC2=C1NCN=C2. The molecule has 4 heteroatoms. The molecule has 0 aromatic rings. The molecule has 0 amide bonds. The molecule has 2 heterocycles. The number of carbonyl (C=O) groups excluding carboxylic acids is 1. The number of nitrogens with one attached hydrogen (secondary N) is 1. The molecule has 0 saturated heterocycles. The van der Waals surface area contributed by atoms with Crippen LogP contribution in [0.4, 0.5) is 0 Å². The highest BCUT2D eigenvalue weighted by molar-refractivity contribution is 6.38. The zero-order valence-corrected chi connectivity index (χ0v) is 5.16. The molecule has 0 aromatic carbocycles. The molecule has 10 heavy (non-hydrogen) atoms. The van der Waals surface area contributed by atoms with Gasteiger partial charge in [-0.2, -0.15) is 0 Å². The molecule has 0 saturated carbocycles. The predicted molar refractivity (Wildman–Crippen MR) is 37.0 cm³/mol. The van der Waals surface area contributed by atoms with E-state index in [2.05, 4.69) is 15.3 Å². The van der Waals surface area contributed by atoms with Crippen LogP contribution in [0.2, 0.25) is 0 Å². The van der Waals surface area contributed by atoms with E-state index in [0.717, 1.165) is 0 Å². The fourth-order valence-electron chi connectivity index (χ4n) is 0.916. The first-order chi connectivity index (χ1) is 4.88. The van der Waals surface area contributed by atoms with E-state index in [1.807, 2.05) is 0 Å². The van der Waals surface area contributed by atoms with Crippen LogP contribution in [0.1, 0.15) is 0 Å². The first kappa shape index (κ1) is 5.34. The van der Waals surface area contributed by atoms with Crippen molar-refractivity contribution in [2.75, 3.05) is 6.67 Å². The van der Waals surface area contributed by atoms with E-state index in [-0.39, 0.29) is 5.78 Å². The number of aliphatic imine (C=N–C) groups is 2. The van der Waals surface area contributed by atoms with E-state index < -0.39 is 0 Å². The van der Waals surface area contributed by atoms with Crippen molar-refractivity contribution in [3.63, 3.8) is 0 Å². The molecule has 0 aromatic heterocycles. The second-order valence-electron chi connectivity index (χ2n) is 2.03. The number of nitrogens with zero attached hydrogens (tertiary/aromatic N) is 2. The Hall–Kier alpha value is -1.45. The van der Waals surface area contributed by atoms with Gasteiger partial charge in [0.25, 0.3) is 0 Å². The highest BCUT2D eigenvalue weighted by Gasteiger charge is 2.18. The lowest BCUT2D eigenvalue weighted by atomic mass is 10.3. The summed E-state index contributed by atoms with van der Waals surface area (Å²) in [7, 11) is 0. The van der Waals surface area contributed by atoms with Gasteiger partial charge in [0.2, 0.25) is 5.78 Å². The molecule has 2 rings (SSSR count). The van der Waals surface area contributed by atoms with E-state index in [4.69, 9.17) is 0 Å². The van der Waals surface area contributed by atoms with Crippen LogP contribution in [0.25, 0.3) is 0 Å². The third-order valence-electron chi connectivity index (χ3n) is 1.38. The fourth-order valence-corrected chi connectivity index (χ4v) is 0.916. The van der Waals surface area contributed by atoms with Gasteiger partial charge < -0.3 is 5.32 Å². The van der Waals surface area contributed by atoms with Gasteiger partial charge in [-0.25, -0.2) is 4.99 Å². The summed E-state index contributed by atoms with van der Waals surface area (Å²) in [6.45, 7) is 0.480. The molecule has 0 aliphatic carbocycles. The predicted octanol–water partition coefficient (Wildman–Crippen LogP) is -0.517. The highest BCUT2D eigenvalue weighted by atomic mass is 16.1. The lowest BCUT2D eigenvalue weighted by molar-refractivity contribution is -0.109. The first-order valence-corrected chi connectivity index (χ1v) is 2.94. The van der Waals surface area contributed by atoms with Crippen LogP contribution < -0.4 is 5.32 Å². The summed E-state index contributed by atoms with van der Waals surface area (Å²) in [4.78, 5) is 18.6. The van der Waals surface area contributed by atoms with Crippen LogP contribution in [-0.2, 0) is 4.79 Å². The van der Waals surface area contributed by atoms with Crippen LogP contribution in [0.5, 0.6) is 0 Å². The molecular formula is C6H5N3O. The van der Waals surface area contributed by atoms with Gasteiger partial charge in [-0.3, -0.25) is 9.79 Å². The molecule has 0 atom stereocenters. The van der Waals surface area contributed by atoms with Crippen molar-refractivity contribution in [1.29, 1.82) is 0 Å². The number of hydrogen-bond donors (Lipinski definition) is 1. The largest absolute Gasteiger partial charge is 0.361 e. The van der Waals surface area contributed by atoms with E-state index in [1.54, 1.807) is 6.21 Å². The minimum Gasteiger partial charge on any atom is -0.361 e. The average Bonchev–Trinajstić information content (AvgIpc) is 2.34. The minimum absolute atomic E-state index is 0.0545. The van der Waals surface area contributed by atoms with E-state index >= 15 is 0 Å². The van der Waals surface area contributed by atoms with Gasteiger partial charge in [0.05, 0.1) is 12.4 Å². The number of rotatable bonds is 0. The maximum Gasteiger partial charge on any atom is 0.222 e. The summed E-state index contributed by atoms with van der Waals surface area (Å²) in [5, 5.41) is 2.84. The number of carbonyl (C=O) groups is 1. The standard InChI is InChI=1S/C6H5N3O/c10-5-2-8-4-1-7-3-9-6(4)5/h1-2,9H,3H2. The van der Waals surface area contributed by atoms with Crippen molar-refractivity contribution in [2.24, 2.45) is 9.98 Å². The lowest BCUT2D eigenvalue weighted by Crippen LogP contribution is -2.23. The normalized spacial score (nSPS) is 21.4. The summed E-state index contributed by atoms with van der Waals surface area (Å²) < 4.78 is 0. The van der Waals surface area contributed by atoms with Crippen LogP contribution >= 0.6 is 0 Å². The zero-order valence-electron chi connectivity index (χ0n) is 5.16. The molecule has 0 fully saturated rings. The third kappa shape index (κ3) is 0.586. The molecule has 1 N–H and O–H groups in total. The summed E-state index contributed by atoms with van der Waals surface area (Å²) in [5.74, 6) is -0.0545. The van der Waals surface area contributed by atoms with Crippen LogP contribution in [-0.4, -0.2) is 24.9 Å². The molecule has 4 nitrogen and oxygen atoms in total. The van der Waals surface area contributed by atoms with Gasteiger partial charge in [0, 0.05) is 0 Å². The van der Waals surface area contributed by atoms with Crippen LogP contribution in [0.15, 0.2) is 21.4 Å². The van der Waals surface area contributed by atoms with Gasteiger partial charge in [-0.1, -0.05) is 0 Å². The van der Waals surface area contributed by atoms with Crippen molar-refractivity contribution >= 4 is 18.2 Å². The number of hydrogen-bond acceptors (Lipinski definition) is 4. The number of Topliss-reactive ketones (excluding diaryl/α,β-unsaturated/α-hetero) is 1. The van der Waals surface area contributed by atoms with E-state index in [0.29, 0.717) is 18.1 Å². The Kier molecular flexibility index (Phi) is 0.943. The van der Waals surface area contributed by atoms with Crippen molar-refractivity contribution in [3.05, 3.63) is 11.4 Å². The smallest absolute Gasteiger partial charge is 0.222 e. The molecular weight excluding hydrogens is 130 g/mol. The van der Waals surface area contributed by atoms with Gasteiger partial charge in [-0.05, 0) is 0 Å². The second kappa shape index (κ2) is 1.76. The summed E-state index contributed by atoms with van der Waals surface area (Å²) in [5.41, 5.74) is 1.23. The van der Waals surface area contributed by atoms with Crippen LogP contribution in [0.3, 0.4) is 0 Å². The molecule has 50 valence electrons. The van der Waals surface area contributed by atoms with Crippen LogP contribution in [0, 0.1) is 0 Å². The Morgan fingerprint density at radius 3 is 3.20 bits per heavy atom. The Morgan fingerprint density at radius 1 is 1.50 bits per heavy atom. The Bertz CT molecular complexity index is 275. The van der Waals surface area contributed by atoms with Gasteiger partial charge in [0.15, 0.2) is 0 Å². The summed E-state index contributed by atoms with van der Waals surface area (Å²) in [6, 6.07) is 0. The average molecular weight is 135 g/mol. The monoisotopic (exact) mass is 135 g/mol. The molecule has 0 spiro atoms. The van der Waals surface area contributed by atoms with Crippen molar-refractivity contribution in [3.8, 4) is 0 Å². The zero-order chi connectivity index (χ0) is 6.97. The van der Waals surface area contributed by atoms with Gasteiger partial charge in [-0.15, -0.1) is 0 Å². The number of allylic oxidation sites excluding steroid dienone is 2. The van der Waals surface area contributed by atoms with Crippen molar-refractivity contribution in [1.82, 2.24) is 5.32 Å². The maximum absolute atomic E-state index is 10.9. The molecule has 0 unspecified atom stereocenters. The molecule has 2 aliphatic heterocycles. The Morgan fingerprint density at radius 2 is 2.40 bits per heavy atom. The van der Waals surface area contributed by atoms with E-state index in [9.17, 15) is 4.79 Å². The topological polar surface area (TPSA) is 53.8 Å². The van der Waals surface area contributed by atoms with Gasteiger partial charge >= 0.3 is 0 Å². The van der Waals surface area contributed by atoms with Gasteiger partial charge in [0.1, 0.15) is 18.1 Å². The molecule has 0 radical (unpaired) electrons. The quantitative estimate of drug-likeness (QED) is 0.486. The molecule has 0 bridgehead atoms. The maximum atomic E-state index is 10.9. The van der Waals surface area contributed by atoms with E-state index in [1.165, 1.54) is 6.21 Å². The minimum atomic E-state index is -0.0545. The highest BCUT2D eigenvalue weighted by Crippen LogP contribution is 2.10. The second-order valence-corrected chi connectivity index (χ2v) is 2.03. The molecule has 2 aliphatic rings. The summed E-state index contributed by atoms with van der Waals surface area (Å²) in [6.07, 6.45) is 2.90. The first-order valence-electron chi connectivity index (χ1n) is 2.94.